The molecule has 1 fully saturated rings. The molecule has 9 heteroatoms. The molecule has 4 rings (SSSR count). The maximum atomic E-state index is 12.3. The predicted octanol–water partition coefficient (Wildman–Crippen LogP) is 0.668. The summed E-state index contributed by atoms with van der Waals surface area (Å²) in [7, 11) is 0. The first-order valence-electron chi connectivity index (χ1n) is 8.62. The molecule has 0 amide bonds. The molecule has 0 saturated carbocycles. The maximum absolute atomic E-state index is 12.3. The molecule has 0 bridgehead atoms. The number of ether oxygens (including phenoxy) is 1. The van der Waals surface area contributed by atoms with Crippen LogP contribution in [-0.2, 0) is 17.8 Å². The van der Waals surface area contributed by atoms with Gasteiger partial charge in [-0.05, 0) is 12.8 Å². The molecule has 26 heavy (non-hydrogen) atoms. The van der Waals surface area contributed by atoms with Crippen molar-refractivity contribution in [1.82, 2.24) is 29.5 Å². The van der Waals surface area contributed by atoms with Crippen LogP contribution in [0.5, 0.6) is 0 Å². The number of aromatic amines is 1. The number of H-pyrrole nitrogens is 1. The number of hydrogen-bond donors (Lipinski definition) is 2. The number of aliphatic hydroxyl groups excluding tert-OH is 1. The minimum atomic E-state index is -0.118. The number of aromatic nitrogens is 6. The Morgan fingerprint density at radius 1 is 1.42 bits per heavy atom. The van der Waals surface area contributed by atoms with Crippen molar-refractivity contribution in [1.29, 1.82) is 0 Å². The molecule has 3 aromatic heterocycles. The second kappa shape index (κ2) is 7.22. The summed E-state index contributed by atoms with van der Waals surface area (Å²) in [5.74, 6) is 0.998. The summed E-state index contributed by atoms with van der Waals surface area (Å²) < 4.78 is 9.08. The zero-order chi connectivity index (χ0) is 17.9. The molecule has 0 aromatic carbocycles. The number of aliphatic hydroxyl groups is 1. The lowest BCUT2D eigenvalue weighted by Gasteiger charge is -2.10. The van der Waals surface area contributed by atoms with Gasteiger partial charge in [0.05, 0.1) is 43.1 Å². The average Bonchev–Trinajstić information content (AvgIpc) is 3.37. The van der Waals surface area contributed by atoms with Crippen molar-refractivity contribution < 1.29 is 9.84 Å². The van der Waals surface area contributed by atoms with E-state index < -0.39 is 0 Å². The van der Waals surface area contributed by atoms with E-state index in [1.807, 2.05) is 0 Å². The zero-order valence-electron chi connectivity index (χ0n) is 14.2. The summed E-state index contributed by atoms with van der Waals surface area (Å²) in [6.07, 6.45) is 8.73. The number of nitrogens with zero attached hydrogens (tertiary/aromatic N) is 5. The smallest absolute Gasteiger partial charge is 0.192 e. The lowest BCUT2D eigenvalue weighted by atomic mass is 10.2. The highest BCUT2D eigenvalue weighted by atomic mass is 16.5. The van der Waals surface area contributed by atoms with E-state index in [2.05, 4.69) is 20.2 Å². The standard InChI is InChI=1S/C17H20N6O3/c24-6-5-22-10-12(8-19-22)16-20-17(14-9-18-4-3-15(14)25)23(21-16)11-13-2-1-7-26-13/h3-4,8-10,13,24H,1-2,5-7,11H2,(H,18,25). The molecule has 0 aliphatic carbocycles. The third kappa shape index (κ3) is 3.31. The number of hydrogen-bond acceptors (Lipinski definition) is 6. The molecular weight excluding hydrogens is 336 g/mol. The number of nitrogens with one attached hydrogen (secondary N) is 1. The fourth-order valence-corrected chi connectivity index (χ4v) is 3.07. The summed E-state index contributed by atoms with van der Waals surface area (Å²) in [6.45, 7) is 1.71. The lowest BCUT2D eigenvalue weighted by Crippen LogP contribution is -2.18. The molecular formula is C17H20N6O3. The predicted molar refractivity (Wildman–Crippen MR) is 93.4 cm³/mol. The van der Waals surface area contributed by atoms with E-state index in [4.69, 9.17) is 9.84 Å². The molecule has 1 atom stereocenters. The molecule has 0 spiro atoms. The quantitative estimate of drug-likeness (QED) is 0.671. The molecule has 3 aromatic rings. The van der Waals surface area contributed by atoms with E-state index in [1.165, 1.54) is 6.07 Å². The molecule has 9 nitrogen and oxygen atoms in total. The SMILES string of the molecule is O=c1cc[nH]cc1-c1nc(-c2cnn(CCO)c2)nn1CC1CCCO1. The van der Waals surface area contributed by atoms with Gasteiger partial charge in [0, 0.05) is 31.3 Å². The highest BCUT2D eigenvalue weighted by Gasteiger charge is 2.22. The Morgan fingerprint density at radius 3 is 3.12 bits per heavy atom. The molecule has 1 unspecified atom stereocenters. The molecule has 0 radical (unpaired) electrons. The first-order chi connectivity index (χ1) is 12.7. The van der Waals surface area contributed by atoms with Gasteiger partial charge in [-0.3, -0.25) is 9.48 Å². The highest BCUT2D eigenvalue weighted by Crippen LogP contribution is 2.22. The summed E-state index contributed by atoms with van der Waals surface area (Å²) >= 11 is 0. The molecule has 1 aliphatic rings. The van der Waals surface area contributed by atoms with Gasteiger partial charge in [-0.2, -0.15) is 10.2 Å². The molecule has 4 heterocycles. The summed E-state index contributed by atoms with van der Waals surface area (Å²) in [6, 6.07) is 1.47. The topological polar surface area (TPSA) is 111 Å². The third-order valence-electron chi connectivity index (χ3n) is 4.36. The van der Waals surface area contributed by atoms with Gasteiger partial charge in [-0.25, -0.2) is 9.67 Å². The largest absolute Gasteiger partial charge is 0.394 e. The van der Waals surface area contributed by atoms with Gasteiger partial charge in [-0.1, -0.05) is 0 Å². The second-order valence-corrected chi connectivity index (χ2v) is 6.21. The normalized spacial score (nSPS) is 17.0. The van der Waals surface area contributed by atoms with Gasteiger partial charge in [0.1, 0.15) is 0 Å². The first kappa shape index (κ1) is 16.7. The fourth-order valence-electron chi connectivity index (χ4n) is 3.07. The average molecular weight is 356 g/mol. The Labute approximate surface area is 149 Å². The minimum Gasteiger partial charge on any atom is -0.394 e. The van der Waals surface area contributed by atoms with Crippen LogP contribution in [0.2, 0.25) is 0 Å². The van der Waals surface area contributed by atoms with Crippen LogP contribution in [0.3, 0.4) is 0 Å². The van der Waals surface area contributed by atoms with E-state index >= 15 is 0 Å². The minimum absolute atomic E-state index is 0.00660. The van der Waals surface area contributed by atoms with Crippen molar-refractivity contribution >= 4 is 0 Å². The monoisotopic (exact) mass is 356 g/mol. The second-order valence-electron chi connectivity index (χ2n) is 6.21. The Morgan fingerprint density at radius 2 is 2.35 bits per heavy atom. The van der Waals surface area contributed by atoms with Crippen LogP contribution in [-0.4, -0.2) is 54.0 Å². The van der Waals surface area contributed by atoms with Crippen LogP contribution < -0.4 is 5.43 Å². The van der Waals surface area contributed by atoms with Crippen molar-refractivity contribution in [3.8, 4) is 22.8 Å². The van der Waals surface area contributed by atoms with Crippen LogP contribution in [0.25, 0.3) is 22.8 Å². The van der Waals surface area contributed by atoms with Gasteiger partial charge >= 0.3 is 0 Å². The zero-order valence-corrected chi connectivity index (χ0v) is 14.2. The first-order valence-corrected chi connectivity index (χ1v) is 8.62. The Bertz CT molecular complexity index is 938. The molecule has 136 valence electrons. The van der Waals surface area contributed by atoms with Crippen molar-refractivity contribution in [2.24, 2.45) is 0 Å². The van der Waals surface area contributed by atoms with Crippen LogP contribution in [0.4, 0.5) is 0 Å². The highest BCUT2D eigenvalue weighted by molar-refractivity contribution is 5.60. The van der Waals surface area contributed by atoms with Crippen molar-refractivity contribution in [3.63, 3.8) is 0 Å². The van der Waals surface area contributed by atoms with Crippen LogP contribution in [0, 0.1) is 0 Å². The van der Waals surface area contributed by atoms with Gasteiger partial charge < -0.3 is 14.8 Å². The summed E-state index contributed by atoms with van der Waals surface area (Å²) in [5.41, 5.74) is 1.08. The molecule has 2 N–H and O–H groups in total. The van der Waals surface area contributed by atoms with Crippen molar-refractivity contribution in [2.75, 3.05) is 13.2 Å². The number of pyridine rings is 1. The molecule has 1 aliphatic heterocycles. The van der Waals surface area contributed by atoms with E-state index in [0.29, 0.717) is 30.3 Å². The van der Waals surface area contributed by atoms with E-state index in [-0.39, 0.29) is 18.1 Å². The van der Waals surface area contributed by atoms with Crippen LogP contribution in [0.15, 0.2) is 35.6 Å². The van der Waals surface area contributed by atoms with Gasteiger partial charge in [-0.15, -0.1) is 0 Å². The lowest BCUT2D eigenvalue weighted by molar-refractivity contribution is 0.0944. The van der Waals surface area contributed by atoms with Gasteiger partial charge in [0.15, 0.2) is 17.1 Å². The van der Waals surface area contributed by atoms with Crippen LogP contribution in [0.1, 0.15) is 12.8 Å². The van der Waals surface area contributed by atoms with Crippen molar-refractivity contribution in [2.45, 2.75) is 32.0 Å². The maximum Gasteiger partial charge on any atom is 0.192 e. The van der Waals surface area contributed by atoms with Crippen molar-refractivity contribution in [3.05, 3.63) is 41.1 Å². The summed E-state index contributed by atoms with van der Waals surface area (Å²) in [5, 5.41) is 17.8. The van der Waals surface area contributed by atoms with Gasteiger partial charge in [0.25, 0.3) is 0 Å². The third-order valence-corrected chi connectivity index (χ3v) is 4.36. The Balaban J connectivity index is 1.73. The van der Waals surface area contributed by atoms with Gasteiger partial charge in [0.2, 0.25) is 0 Å². The van der Waals surface area contributed by atoms with Crippen LogP contribution >= 0.6 is 0 Å². The Hall–Kier alpha value is -2.78. The van der Waals surface area contributed by atoms with E-state index in [0.717, 1.165) is 25.0 Å². The van der Waals surface area contributed by atoms with E-state index in [9.17, 15) is 4.79 Å². The molecule has 1 saturated heterocycles. The fraction of sp³-hybridized carbons (Fsp3) is 0.412. The number of rotatable bonds is 6. The Kier molecular flexibility index (Phi) is 4.63. The van der Waals surface area contributed by atoms with E-state index in [1.54, 1.807) is 34.2 Å². The summed E-state index contributed by atoms with van der Waals surface area (Å²) in [4.78, 5) is 19.8.